The van der Waals surface area contributed by atoms with Gasteiger partial charge >= 0.3 is 0 Å². The van der Waals surface area contributed by atoms with E-state index < -0.39 is 0 Å². The van der Waals surface area contributed by atoms with Crippen LogP contribution in [0, 0.1) is 11.7 Å². The number of para-hydroxylation sites is 1. The molecule has 0 bridgehead atoms. The lowest BCUT2D eigenvalue weighted by Crippen LogP contribution is -2.24. The van der Waals surface area contributed by atoms with Crippen molar-refractivity contribution in [1.29, 1.82) is 0 Å². The Morgan fingerprint density at radius 3 is 2.43 bits per heavy atom. The van der Waals surface area contributed by atoms with Gasteiger partial charge in [-0.1, -0.05) is 18.2 Å². The number of ketones is 1. The average Bonchev–Trinajstić information content (AvgIpc) is 3.64. The molecule has 154 valence electrons. The van der Waals surface area contributed by atoms with E-state index in [4.69, 9.17) is 5.73 Å². The Morgan fingerprint density at radius 2 is 1.70 bits per heavy atom. The molecule has 2 aromatic heterocycles. The largest absolute Gasteiger partial charge is 0.325 e. The zero-order chi connectivity index (χ0) is 20.7. The van der Waals surface area contributed by atoms with Crippen molar-refractivity contribution >= 4 is 16.7 Å². The summed E-state index contributed by atoms with van der Waals surface area (Å²) in [6, 6.07) is 11.2. The highest BCUT2D eigenvalue weighted by Crippen LogP contribution is 2.44. The van der Waals surface area contributed by atoms with Crippen molar-refractivity contribution < 1.29 is 9.18 Å². The van der Waals surface area contributed by atoms with Crippen LogP contribution in [0.15, 0.2) is 42.6 Å². The normalized spacial score (nSPS) is 21.7. The average molecular weight is 404 g/mol. The van der Waals surface area contributed by atoms with Crippen LogP contribution in [0.2, 0.25) is 0 Å². The first kappa shape index (κ1) is 19.3. The molecule has 0 radical (unpaired) electrons. The van der Waals surface area contributed by atoms with E-state index in [1.807, 2.05) is 18.2 Å². The second kappa shape index (κ2) is 7.88. The van der Waals surface area contributed by atoms with E-state index in [0.29, 0.717) is 29.6 Å². The van der Waals surface area contributed by atoms with Gasteiger partial charge in [0.1, 0.15) is 17.0 Å². The van der Waals surface area contributed by atoms with Gasteiger partial charge in [0, 0.05) is 24.0 Å². The van der Waals surface area contributed by atoms with Crippen molar-refractivity contribution in [1.82, 2.24) is 9.97 Å². The number of nitrogens with two attached hydrogens (primary N) is 1. The Hall–Kier alpha value is -2.66. The molecule has 0 aliphatic heterocycles. The van der Waals surface area contributed by atoms with E-state index >= 15 is 0 Å². The molecular formula is C25H26FN3O. The zero-order valence-corrected chi connectivity index (χ0v) is 17.0. The Bertz CT molecular complexity index is 1100. The number of Topliss-reactive ketones (excluding diaryl/α,β-unsaturated/α-hetero) is 1. The monoisotopic (exact) mass is 403 g/mol. The molecule has 1 aromatic carbocycles. The number of pyridine rings is 2. The van der Waals surface area contributed by atoms with Crippen LogP contribution >= 0.6 is 0 Å². The highest BCUT2D eigenvalue weighted by atomic mass is 19.1. The number of carbonyl (C=O) groups excluding carboxylic acids is 1. The molecule has 2 fully saturated rings. The van der Waals surface area contributed by atoms with E-state index in [-0.39, 0.29) is 17.5 Å². The number of carbonyl (C=O) groups is 1. The molecule has 0 unspecified atom stereocenters. The van der Waals surface area contributed by atoms with Gasteiger partial charge in [0.25, 0.3) is 0 Å². The summed E-state index contributed by atoms with van der Waals surface area (Å²) in [4.78, 5) is 22.2. The van der Waals surface area contributed by atoms with Gasteiger partial charge < -0.3 is 5.73 Å². The number of fused-ring (bicyclic) bond motifs is 1. The summed E-state index contributed by atoms with van der Waals surface area (Å²) in [5.74, 6) is 0.711. The minimum absolute atomic E-state index is 0.00381. The summed E-state index contributed by atoms with van der Waals surface area (Å²) in [6.45, 7) is 0.351. The summed E-state index contributed by atoms with van der Waals surface area (Å²) in [7, 11) is 0. The zero-order valence-electron chi connectivity index (χ0n) is 17.0. The molecule has 0 spiro atoms. The van der Waals surface area contributed by atoms with Crippen LogP contribution in [0.1, 0.15) is 77.7 Å². The van der Waals surface area contributed by atoms with Gasteiger partial charge in [-0.15, -0.1) is 0 Å². The molecule has 5 rings (SSSR count). The van der Waals surface area contributed by atoms with Gasteiger partial charge in [-0.25, -0.2) is 9.37 Å². The summed E-state index contributed by atoms with van der Waals surface area (Å²) in [6.07, 6.45) is 7.48. The van der Waals surface area contributed by atoms with E-state index in [1.165, 1.54) is 6.07 Å². The molecule has 2 saturated carbocycles. The minimum atomic E-state index is -0.281. The topological polar surface area (TPSA) is 68.9 Å². The highest BCUT2D eigenvalue weighted by molar-refractivity contribution is 5.97. The minimum Gasteiger partial charge on any atom is -0.325 e. The lowest BCUT2D eigenvalue weighted by molar-refractivity contribution is 0.0877. The van der Waals surface area contributed by atoms with Crippen molar-refractivity contribution in [2.75, 3.05) is 0 Å². The molecule has 2 N–H and O–H groups in total. The summed E-state index contributed by atoms with van der Waals surface area (Å²) < 4.78 is 14.1. The molecule has 0 atom stereocenters. The molecule has 4 nitrogen and oxygen atoms in total. The predicted octanol–water partition coefficient (Wildman–Crippen LogP) is 5.26. The smallest absolute Gasteiger partial charge is 0.184 e. The second-order valence-electron chi connectivity index (χ2n) is 8.67. The molecule has 2 heterocycles. The number of aromatic nitrogens is 2. The number of hydrogen-bond acceptors (Lipinski definition) is 4. The quantitative estimate of drug-likeness (QED) is 0.590. The fraction of sp³-hybridized carbons (Fsp3) is 0.400. The van der Waals surface area contributed by atoms with Crippen molar-refractivity contribution in [3.8, 4) is 0 Å². The SMILES string of the molecule is NCc1ccc(C2CC2)c(C(=O)C2CCC(c3ccnc4c(F)cccc34)CC2)n1. The van der Waals surface area contributed by atoms with Gasteiger partial charge in [0.05, 0.1) is 5.69 Å². The third-order valence-electron chi connectivity index (χ3n) is 6.74. The van der Waals surface area contributed by atoms with Gasteiger partial charge in [-0.3, -0.25) is 9.78 Å². The first-order valence-corrected chi connectivity index (χ1v) is 10.9. The number of benzene rings is 1. The fourth-order valence-corrected chi connectivity index (χ4v) is 4.92. The first-order valence-electron chi connectivity index (χ1n) is 10.9. The maximum Gasteiger partial charge on any atom is 0.184 e. The number of nitrogens with zero attached hydrogens (tertiary/aromatic N) is 2. The third kappa shape index (κ3) is 3.52. The summed E-state index contributed by atoms with van der Waals surface area (Å²) in [5.41, 5.74) is 9.89. The van der Waals surface area contributed by atoms with E-state index in [0.717, 1.165) is 60.7 Å². The predicted molar refractivity (Wildman–Crippen MR) is 115 cm³/mol. The lowest BCUT2D eigenvalue weighted by Gasteiger charge is -2.29. The molecule has 3 aromatic rings. The number of hydrogen-bond donors (Lipinski definition) is 1. The summed E-state index contributed by atoms with van der Waals surface area (Å²) in [5, 5.41) is 0.889. The lowest BCUT2D eigenvalue weighted by atomic mass is 9.75. The maximum absolute atomic E-state index is 14.1. The second-order valence-corrected chi connectivity index (χ2v) is 8.67. The van der Waals surface area contributed by atoms with Crippen molar-refractivity contribution in [2.24, 2.45) is 11.7 Å². The van der Waals surface area contributed by atoms with Gasteiger partial charge in [-0.2, -0.15) is 0 Å². The van der Waals surface area contributed by atoms with Crippen LogP contribution in [0.4, 0.5) is 4.39 Å². The molecule has 0 saturated heterocycles. The number of rotatable bonds is 5. The highest BCUT2D eigenvalue weighted by Gasteiger charge is 2.34. The first-order chi connectivity index (χ1) is 14.7. The van der Waals surface area contributed by atoms with Crippen LogP contribution < -0.4 is 5.73 Å². The van der Waals surface area contributed by atoms with Crippen molar-refractivity contribution in [3.05, 3.63) is 70.9 Å². The Morgan fingerprint density at radius 1 is 0.967 bits per heavy atom. The molecule has 2 aliphatic carbocycles. The standard InChI is InChI=1S/C25H26FN3O/c26-22-3-1-2-21-19(12-13-28-23(21)22)15-6-8-17(9-7-15)25(30)24-20(16-4-5-16)11-10-18(14-27)29-24/h1-3,10-13,15-17H,4-9,14,27H2. The number of halogens is 1. The maximum atomic E-state index is 14.1. The van der Waals surface area contributed by atoms with Crippen LogP contribution in [0.25, 0.3) is 10.9 Å². The van der Waals surface area contributed by atoms with Gasteiger partial charge in [0.15, 0.2) is 5.78 Å². The molecular weight excluding hydrogens is 377 g/mol. The molecule has 30 heavy (non-hydrogen) atoms. The third-order valence-corrected chi connectivity index (χ3v) is 6.74. The molecule has 0 amide bonds. The van der Waals surface area contributed by atoms with Gasteiger partial charge in [0.2, 0.25) is 0 Å². The van der Waals surface area contributed by atoms with Crippen LogP contribution in [-0.4, -0.2) is 15.8 Å². The fourth-order valence-electron chi connectivity index (χ4n) is 4.92. The Kier molecular flexibility index (Phi) is 5.07. The van der Waals surface area contributed by atoms with Gasteiger partial charge in [-0.05, 0) is 79.7 Å². The Balaban J connectivity index is 1.36. The molecule has 2 aliphatic rings. The molecule has 5 heteroatoms. The Labute approximate surface area is 175 Å². The van der Waals surface area contributed by atoms with E-state index in [9.17, 15) is 9.18 Å². The van der Waals surface area contributed by atoms with E-state index in [2.05, 4.69) is 16.0 Å². The van der Waals surface area contributed by atoms with Crippen molar-refractivity contribution in [2.45, 2.75) is 56.9 Å². The van der Waals surface area contributed by atoms with Crippen LogP contribution in [0.3, 0.4) is 0 Å². The van der Waals surface area contributed by atoms with Crippen LogP contribution in [0.5, 0.6) is 0 Å². The summed E-state index contributed by atoms with van der Waals surface area (Å²) >= 11 is 0. The van der Waals surface area contributed by atoms with E-state index in [1.54, 1.807) is 12.3 Å². The van der Waals surface area contributed by atoms with Crippen molar-refractivity contribution in [3.63, 3.8) is 0 Å². The van der Waals surface area contributed by atoms with Crippen LogP contribution in [-0.2, 0) is 6.54 Å².